The van der Waals surface area contributed by atoms with Crippen molar-refractivity contribution in [2.24, 2.45) is 0 Å². The molecule has 4 nitrogen and oxygen atoms in total. The molecular formula is C17H14N4. The van der Waals surface area contributed by atoms with Gasteiger partial charge in [-0.3, -0.25) is 4.98 Å². The lowest BCUT2D eigenvalue weighted by Gasteiger charge is -2.06. The van der Waals surface area contributed by atoms with E-state index in [4.69, 9.17) is 10.7 Å². The van der Waals surface area contributed by atoms with Crippen molar-refractivity contribution in [3.63, 3.8) is 0 Å². The Balaban J connectivity index is 1.91. The van der Waals surface area contributed by atoms with Crippen LogP contribution in [-0.2, 0) is 0 Å². The second-order valence-electron chi connectivity index (χ2n) is 5.49. The molecule has 4 heteroatoms. The van der Waals surface area contributed by atoms with E-state index in [1.54, 1.807) is 0 Å². The van der Waals surface area contributed by atoms with Crippen LogP contribution in [0.15, 0.2) is 36.5 Å². The molecule has 0 bridgehead atoms. The summed E-state index contributed by atoms with van der Waals surface area (Å²) in [5, 5.41) is 10.2. The minimum atomic E-state index is 0.518. The Morgan fingerprint density at radius 1 is 1.24 bits per heavy atom. The highest BCUT2D eigenvalue weighted by Gasteiger charge is 2.27. The highest BCUT2D eigenvalue weighted by molar-refractivity contribution is 5.97. The molecule has 1 fully saturated rings. The van der Waals surface area contributed by atoms with Gasteiger partial charge < -0.3 is 10.7 Å². The summed E-state index contributed by atoms with van der Waals surface area (Å²) in [5.74, 6) is 0.518. The number of anilines is 1. The van der Waals surface area contributed by atoms with E-state index < -0.39 is 0 Å². The van der Waals surface area contributed by atoms with Gasteiger partial charge in [0.2, 0.25) is 0 Å². The number of nitrogens with two attached hydrogens (primary N) is 1. The van der Waals surface area contributed by atoms with Gasteiger partial charge in [-0.15, -0.1) is 0 Å². The molecule has 0 radical (unpaired) electrons. The lowest BCUT2D eigenvalue weighted by Crippen LogP contribution is -1.97. The molecule has 1 aliphatic rings. The van der Waals surface area contributed by atoms with Gasteiger partial charge in [0.05, 0.1) is 28.2 Å². The molecule has 1 saturated carbocycles. The highest BCUT2D eigenvalue weighted by atomic mass is 14.8. The van der Waals surface area contributed by atoms with Crippen molar-refractivity contribution in [3.05, 3.63) is 47.8 Å². The smallest absolute Gasteiger partial charge is 0.101 e. The molecule has 0 unspecified atom stereocenters. The summed E-state index contributed by atoms with van der Waals surface area (Å²) in [6.45, 7) is 0. The van der Waals surface area contributed by atoms with Gasteiger partial charge in [0.1, 0.15) is 6.07 Å². The molecule has 3 aromatic rings. The van der Waals surface area contributed by atoms with Crippen LogP contribution in [0.4, 0.5) is 5.69 Å². The fourth-order valence-corrected chi connectivity index (χ4v) is 2.78. The average Bonchev–Trinajstić information content (AvgIpc) is 3.26. The summed E-state index contributed by atoms with van der Waals surface area (Å²) >= 11 is 0. The molecule has 102 valence electrons. The van der Waals surface area contributed by atoms with Crippen LogP contribution >= 0.6 is 0 Å². The van der Waals surface area contributed by atoms with E-state index in [9.17, 15) is 5.26 Å². The van der Waals surface area contributed by atoms with Crippen LogP contribution in [0.2, 0.25) is 0 Å². The Morgan fingerprint density at radius 3 is 2.86 bits per heavy atom. The topological polar surface area (TPSA) is 78.5 Å². The third-order valence-corrected chi connectivity index (χ3v) is 4.03. The lowest BCUT2D eigenvalue weighted by atomic mass is 10.1. The monoisotopic (exact) mass is 274 g/mol. The van der Waals surface area contributed by atoms with Crippen LogP contribution in [-0.4, -0.2) is 9.97 Å². The zero-order valence-corrected chi connectivity index (χ0v) is 11.4. The Kier molecular flexibility index (Phi) is 2.48. The average molecular weight is 274 g/mol. The molecule has 1 aromatic carbocycles. The molecule has 1 aliphatic carbocycles. The summed E-state index contributed by atoms with van der Waals surface area (Å²) in [6, 6.07) is 11.8. The first-order chi connectivity index (χ1) is 10.3. The van der Waals surface area contributed by atoms with Crippen molar-refractivity contribution < 1.29 is 0 Å². The van der Waals surface area contributed by atoms with Crippen LogP contribution in [0.25, 0.3) is 22.2 Å². The number of H-pyrrole nitrogens is 1. The Morgan fingerprint density at radius 2 is 2.10 bits per heavy atom. The van der Waals surface area contributed by atoms with Gasteiger partial charge in [0, 0.05) is 23.1 Å². The van der Waals surface area contributed by atoms with Crippen molar-refractivity contribution >= 4 is 16.6 Å². The summed E-state index contributed by atoms with van der Waals surface area (Å²) < 4.78 is 0. The first-order valence-electron chi connectivity index (χ1n) is 7.05. The third kappa shape index (κ3) is 1.86. The number of aromatic amines is 1. The van der Waals surface area contributed by atoms with Crippen molar-refractivity contribution in [1.82, 2.24) is 9.97 Å². The van der Waals surface area contributed by atoms with Gasteiger partial charge in [0.25, 0.3) is 0 Å². The van der Waals surface area contributed by atoms with Crippen LogP contribution in [0.3, 0.4) is 0 Å². The van der Waals surface area contributed by atoms with Crippen LogP contribution in [0.1, 0.15) is 30.0 Å². The van der Waals surface area contributed by atoms with E-state index in [1.165, 1.54) is 12.8 Å². The van der Waals surface area contributed by atoms with Gasteiger partial charge >= 0.3 is 0 Å². The largest absolute Gasteiger partial charge is 0.397 e. The summed E-state index contributed by atoms with van der Waals surface area (Å²) in [4.78, 5) is 7.95. The molecule has 0 aliphatic heterocycles. The van der Waals surface area contributed by atoms with Gasteiger partial charge in [0.15, 0.2) is 0 Å². The number of nitrogen functional groups attached to an aromatic ring is 1. The molecule has 0 amide bonds. The summed E-state index contributed by atoms with van der Waals surface area (Å²) in [5.41, 5.74) is 11.3. The maximum absolute atomic E-state index is 9.17. The van der Waals surface area contributed by atoms with Crippen molar-refractivity contribution in [1.29, 1.82) is 5.26 Å². The zero-order chi connectivity index (χ0) is 14.4. The quantitative estimate of drug-likeness (QED) is 0.750. The van der Waals surface area contributed by atoms with E-state index in [-0.39, 0.29) is 0 Å². The van der Waals surface area contributed by atoms with Crippen molar-refractivity contribution in [3.8, 4) is 17.3 Å². The second kappa shape index (κ2) is 4.35. The highest BCUT2D eigenvalue weighted by Crippen LogP contribution is 2.42. The predicted molar refractivity (Wildman–Crippen MR) is 82.6 cm³/mol. The zero-order valence-electron chi connectivity index (χ0n) is 11.4. The van der Waals surface area contributed by atoms with Gasteiger partial charge in [-0.05, 0) is 31.0 Å². The molecule has 0 spiro atoms. The number of nitriles is 1. The van der Waals surface area contributed by atoms with Gasteiger partial charge in [-0.25, -0.2) is 0 Å². The summed E-state index contributed by atoms with van der Waals surface area (Å²) in [6.07, 6.45) is 4.26. The number of para-hydroxylation sites is 1. The van der Waals surface area contributed by atoms with Gasteiger partial charge in [-0.1, -0.05) is 12.1 Å². The number of hydrogen-bond acceptors (Lipinski definition) is 3. The van der Waals surface area contributed by atoms with Gasteiger partial charge in [-0.2, -0.15) is 5.26 Å². The summed E-state index contributed by atoms with van der Waals surface area (Å²) in [7, 11) is 0. The maximum atomic E-state index is 9.17. The van der Waals surface area contributed by atoms with E-state index in [2.05, 4.69) is 11.1 Å². The number of rotatable bonds is 2. The molecular weight excluding hydrogens is 260 g/mol. The van der Waals surface area contributed by atoms with Crippen LogP contribution in [0, 0.1) is 11.3 Å². The minimum absolute atomic E-state index is 0.518. The molecule has 0 saturated heterocycles. The number of fused-ring (bicyclic) bond motifs is 1. The standard InChI is InChI=1S/C17H14N4/c18-8-11-2-1-3-12-13(9-20-16(11)12)15-7-6-14(19)17(21-15)10-4-5-10/h1-3,6-7,9-10,20H,4-5,19H2. The van der Waals surface area contributed by atoms with E-state index in [0.717, 1.165) is 33.5 Å². The molecule has 2 aromatic heterocycles. The minimum Gasteiger partial charge on any atom is -0.397 e. The number of pyridine rings is 1. The van der Waals surface area contributed by atoms with E-state index in [1.807, 2.05) is 36.5 Å². The fourth-order valence-electron chi connectivity index (χ4n) is 2.78. The first kappa shape index (κ1) is 12.0. The maximum Gasteiger partial charge on any atom is 0.101 e. The Bertz CT molecular complexity index is 881. The number of aromatic nitrogens is 2. The Hall–Kier alpha value is -2.80. The number of hydrogen-bond donors (Lipinski definition) is 2. The molecule has 3 N–H and O–H groups in total. The Labute approximate surface area is 122 Å². The van der Waals surface area contributed by atoms with E-state index in [0.29, 0.717) is 11.5 Å². The SMILES string of the molecule is N#Cc1cccc2c(-c3ccc(N)c(C4CC4)n3)c[nH]c12. The van der Waals surface area contributed by atoms with Crippen LogP contribution in [0.5, 0.6) is 0 Å². The number of benzene rings is 1. The van der Waals surface area contributed by atoms with Crippen molar-refractivity contribution in [2.45, 2.75) is 18.8 Å². The molecule has 2 heterocycles. The first-order valence-corrected chi connectivity index (χ1v) is 7.05. The third-order valence-electron chi connectivity index (χ3n) is 4.03. The number of nitrogens with one attached hydrogen (secondary N) is 1. The van der Waals surface area contributed by atoms with Crippen LogP contribution < -0.4 is 5.73 Å². The number of nitrogens with zero attached hydrogens (tertiary/aromatic N) is 2. The fraction of sp³-hybridized carbons (Fsp3) is 0.176. The normalized spacial score (nSPS) is 14.2. The van der Waals surface area contributed by atoms with Crippen molar-refractivity contribution in [2.75, 3.05) is 5.73 Å². The molecule has 21 heavy (non-hydrogen) atoms. The van der Waals surface area contributed by atoms with E-state index >= 15 is 0 Å². The lowest BCUT2D eigenvalue weighted by molar-refractivity contribution is 1.03. The molecule has 4 rings (SSSR count). The molecule has 0 atom stereocenters. The second-order valence-corrected chi connectivity index (χ2v) is 5.49. The predicted octanol–water partition coefficient (Wildman–Crippen LogP) is 3.56.